The van der Waals surface area contributed by atoms with Crippen LogP contribution in [0.3, 0.4) is 0 Å². The summed E-state index contributed by atoms with van der Waals surface area (Å²) in [6.07, 6.45) is 8.40. The summed E-state index contributed by atoms with van der Waals surface area (Å²) in [6, 6.07) is 3.40. The van der Waals surface area contributed by atoms with Gasteiger partial charge in [0.1, 0.15) is 0 Å². The van der Waals surface area contributed by atoms with Crippen LogP contribution in [0.25, 0.3) is 0 Å². The van der Waals surface area contributed by atoms with E-state index in [-0.39, 0.29) is 36.6 Å². The van der Waals surface area contributed by atoms with Gasteiger partial charge in [-0.3, -0.25) is 14.5 Å². The Bertz CT molecular complexity index is 1010. The number of aliphatic carboxylic acids is 1. The molecular weight excluding hydrogens is 498 g/mol. The highest BCUT2D eigenvalue weighted by Crippen LogP contribution is 2.48. The third-order valence-corrected chi connectivity index (χ3v) is 7.85. The van der Waals surface area contributed by atoms with Crippen LogP contribution in [0, 0.1) is 11.3 Å². The SMILES string of the molecule is CC=CC(C)(C)C[C@H]1[C@H](C(=O)O)[C@@H](c2cc(OC)c3c(c2)OCO3)CN1CC(=O)N(CCCC)CCCCN. The van der Waals surface area contributed by atoms with Gasteiger partial charge in [-0.15, -0.1) is 0 Å². The molecule has 0 bridgehead atoms. The van der Waals surface area contributed by atoms with Gasteiger partial charge < -0.3 is 30.0 Å². The van der Waals surface area contributed by atoms with Gasteiger partial charge in [0.05, 0.1) is 19.6 Å². The number of nitrogens with zero attached hydrogens (tertiary/aromatic N) is 2. The van der Waals surface area contributed by atoms with Crippen molar-refractivity contribution in [3.8, 4) is 17.2 Å². The first kappa shape index (κ1) is 30.8. The first-order chi connectivity index (χ1) is 18.6. The predicted octanol–water partition coefficient (Wildman–Crippen LogP) is 4.25. The predicted molar refractivity (Wildman–Crippen MR) is 151 cm³/mol. The molecule has 0 radical (unpaired) electrons. The molecule has 0 unspecified atom stereocenters. The Morgan fingerprint density at radius 2 is 1.97 bits per heavy atom. The van der Waals surface area contributed by atoms with Crippen molar-refractivity contribution < 1.29 is 28.9 Å². The van der Waals surface area contributed by atoms with Crippen molar-refractivity contribution in [2.24, 2.45) is 17.1 Å². The summed E-state index contributed by atoms with van der Waals surface area (Å²) in [5.41, 5.74) is 6.28. The zero-order valence-electron chi connectivity index (χ0n) is 24.3. The average Bonchev–Trinajstić information content (AvgIpc) is 3.50. The second-order valence-corrected chi connectivity index (χ2v) is 11.3. The summed E-state index contributed by atoms with van der Waals surface area (Å²) in [4.78, 5) is 30.5. The van der Waals surface area contributed by atoms with Crippen LogP contribution in [-0.4, -0.2) is 79.5 Å². The summed E-state index contributed by atoms with van der Waals surface area (Å²) in [7, 11) is 1.56. The molecule has 1 fully saturated rings. The lowest BCUT2D eigenvalue weighted by Crippen LogP contribution is -2.46. The van der Waals surface area contributed by atoms with E-state index in [9.17, 15) is 14.7 Å². The average molecular weight is 546 g/mol. The third kappa shape index (κ3) is 7.66. The number of carbonyl (C=O) groups is 2. The molecule has 3 N–H and O–H groups in total. The maximum absolute atomic E-state index is 13.6. The van der Waals surface area contributed by atoms with E-state index < -0.39 is 11.9 Å². The van der Waals surface area contributed by atoms with Crippen molar-refractivity contribution >= 4 is 11.9 Å². The number of benzene rings is 1. The Labute approximate surface area is 233 Å². The third-order valence-electron chi connectivity index (χ3n) is 7.85. The number of rotatable bonds is 15. The number of allylic oxidation sites excluding steroid dienone is 2. The van der Waals surface area contributed by atoms with E-state index in [1.165, 1.54) is 0 Å². The standard InChI is InChI=1S/C30H47N3O6/c1-6-8-13-32(14-10-9-12-31)26(34)19-33-18-22(21-15-24(37-5)28-25(16-21)38-20-39-28)27(29(35)36)23(33)17-30(3,4)11-7-2/h7,11,15-16,22-23,27H,6,8-10,12-14,17-20,31H2,1-5H3,(H,35,36)/t22-,23+,27-/m1/s1. The molecule has 0 spiro atoms. The van der Waals surface area contributed by atoms with Crippen LogP contribution >= 0.6 is 0 Å². The quantitative estimate of drug-likeness (QED) is 0.248. The molecule has 9 heteroatoms. The van der Waals surface area contributed by atoms with Crippen molar-refractivity contribution in [3.63, 3.8) is 0 Å². The molecule has 0 saturated carbocycles. The topological polar surface area (TPSA) is 115 Å². The first-order valence-corrected chi connectivity index (χ1v) is 14.2. The number of amides is 1. The van der Waals surface area contributed by atoms with Crippen LogP contribution in [0.5, 0.6) is 17.2 Å². The van der Waals surface area contributed by atoms with Crippen LogP contribution in [0.15, 0.2) is 24.3 Å². The van der Waals surface area contributed by atoms with Crippen LogP contribution in [0.1, 0.15) is 71.3 Å². The highest BCUT2D eigenvalue weighted by molar-refractivity contribution is 5.79. The molecule has 2 aliphatic heterocycles. The van der Waals surface area contributed by atoms with Gasteiger partial charge in [-0.1, -0.05) is 39.3 Å². The highest BCUT2D eigenvalue weighted by atomic mass is 16.7. The number of ether oxygens (including phenoxy) is 3. The minimum absolute atomic E-state index is 0.0439. The molecule has 1 saturated heterocycles. The van der Waals surface area contributed by atoms with Gasteiger partial charge >= 0.3 is 5.97 Å². The second kappa shape index (κ2) is 14.0. The molecule has 1 aromatic rings. The lowest BCUT2D eigenvalue weighted by Gasteiger charge is -2.34. The molecule has 0 aromatic heterocycles. The zero-order chi connectivity index (χ0) is 28.6. The fourth-order valence-corrected chi connectivity index (χ4v) is 5.94. The number of carbonyl (C=O) groups excluding carboxylic acids is 1. The monoisotopic (exact) mass is 545 g/mol. The number of nitrogens with two attached hydrogens (primary N) is 1. The van der Waals surface area contributed by atoms with Crippen molar-refractivity contribution in [2.75, 3.05) is 46.6 Å². The van der Waals surface area contributed by atoms with Crippen molar-refractivity contribution in [1.82, 2.24) is 9.80 Å². The van der Waals surface area contributed by atoms with Gasteiger partial charge in [0.25, 0.3) is 0 Å². The van der Waals surface area contributed by atoms with Crippen molar-refractivity contribution in [1.29, 1.82) is 0 Å². The van der Waals surface area contributed by atoms with E-state index in [0.29, 0.717) is 49.8 Å². The largest absolute Gasteiger partial charge is 0.493 e. The molecule has 3 rings (SSSR count). The summed E-state index contributed by atoms with van der Waals surface area (Å²) in [5.74, 6) is -0.247. The van der Waals surface area contributed by atoms with E-state index in [2.05, 4.69) is 31.7 Å². The molecule has 1 amide bonds. The van der Waals surface area contributed by atoms with E-state index in [4.69, 9.17) is 19.9 Å². The fraction of sp³-hybridized carbons (Fsp3) is 0.667. The fourth-order valence-electron chi connectivity index (χ4n) is 5.94. The molecule has 9 nitrogen and oxygen atoms in total. The van der Waals surface area contributed by atoms with Crippen molar-refractivity contribution in [3.05, 3.63) is 29.8 Å². The van der Waals surface area contributed by atoms with E-state index in [0.717, 1.165) is 31.2 Å². The number of unbranched alkanes of at least 4 members (excludes halogenated alkanes) is 2. The minimum atomic E-state index is -0.862. The second-order valence-electron chi connectivity index (χ2n) is 11.3. The number of hydrogen-bond acceptors (Lipinski definition) is 7. The van der Waals surface area contributed by atoms with Crippen LogP contribution in [-0.2, 0) is 9.59 Å². The number of carboxylic acid groups (broad SMARTS) is 1. The van der Waals surface area contributed by atoms with Crippen LogP contribution in [0.2, 0.25) is 0 Å². The first-order valence-electron chi connectivity index (χ1n) is 14.2. The number of likely N-dealkylation sites (tertiary alicyclic amines) is 1. The summed E-state index contributed by atoms with van der Waals surface area (Å²) in [5, 5.41) is 10.5. The molecule has 2 heterocycles. The summed E-state index contributed by atoms with van der Waals surface area (Å²) in [6.45, 7) is 11.0. The molecule has 1 aromatic carbocycles. The van der Waals surface area contributed by atoms with Gasteiger partial charge in [-0.05, 0) is 62.3 Å². The zero-order valence-corrected chi connectivity index (χ0v) is 24.3. The normalized spacial score (nSPS) is 21.0. The number of hydrogen-bond donors (Lipinski definition) is 2. The molecule has 2 aliphatic rings. The van der Waals surface area contributed by atoms with Gasteiger partial charge in [0.15, 0.2) is 11.5 Å². The maximum atomic E-state index is 13.6. The van der Waals surface area contributed by atoms with Crippen LogP contribution < -0.4 is 19.9 Å². The van der Waals surface area contributed by atoms with Gasteiger partial charge in [-0.2, -0.15) is 0 Å². The number of carboxylic acids is 1. The highest BCUT2D eigenvalue weighted by Gasteiger charge is 2.49. The van der Waals surface area contributed by atoms with E-state index >= 15 is 0 Å². The van der Waals surface area contributed by atoms with Gasteiger partial charge in [0, 0.05) is 31.6 Å². The Balaban J connectivity index is 1.96. The van der Waals surface area contributed by atoms with E-state index in [1.807, 2.05) is 30.0 Å². The summed E-state index contributed by atoms with van der Waals surface area (Å²) >= 11 is 0. The Morgan fingerprint density at radius 3 is 2.62 bits per heavy atom. The lowest BCUT2D eigenvalue weighted by atomic mass is 9.77. The Kier molecular flexibility index (Phi) is 11.1. The van der Waals surface area contributed by atoms with E-state index in [1.54, 1.807) is 7.11 Å². The van der Waals surface area contributed by atoms with Crippen LogP contribution in [0.4, 0.5) is 0 Å². The summed E-state index contributed by atoms with van der Waals surface area (Å²) < 4.78 is 16.8. The van der Waals surface area contributed by atoms with Gasteiger partial charge in [0.2, 0.25) is 18.4 Å². The Morgan fingerprint density at radius 1 is 1.23 bits per heavy atom. The molecule has 39 heavy (non-hydrogen) atoms. The minimum Gasteiger partial charge on any atom is -0.493 e. The molecular formula is C30H47N3O6. The number of methoxy groups -OCH3 is 1. The Hall–Kier alpha value is -2.78. The lowest BCUT2D eigenvalue weighted by molar-refractivity contribution is -0.144. The van der Waals surface area contributed by atoms with Gasteiger partial charge in [-0.25, -0.2) is 0 Å². The number of fused-ring (bicyclic) bond motifs is 1. The van der Waals surface area contributed by atoms with Crippen molar-refractivity contribution in [2.45, 2.75) is 71.8 Å². The molecule has 218 valence electrons. The smallest absolute Gasteiger partial charge is 0.308 e. The maximum Gasteiger partial charge on any atom is 0.308 e. The molecule has 0 aliphatic carbocycles. The molecule has 3 atom stereocenters.